The number of rotatable bonds is 3. The molecule has 1 saturated heterocycles. The van der Waals surface area contributed by atoms with Gasteiger partial charge in [-0.05, 0) is 99.2 Å². The summed E-state index contributed by atoms with van der Waals surface area (Å²) in [5, 5.41) is 10.4. The summed E-state index contributed by atoms with van der Waals surface area (Å²) in [6.07, 6.45) is 3.68. The van der Waals surface area contributed by atoms with Crippen LogP contribution in [0.25, 0.3) is 0 Å². The number of phenols is 1. The molecule has 198 valence electrons. The van der Waals surface area contributed by atoms with Gasteiger partial charge in [0, 0.05) is 26.7 Å². The molecular weight excluding hydrogens is 701 g/mol. The van der Waals surface area contributed by atoms with Crippen molar-refractivity contribution in [2.45, 2.75) is 18.8 Å². The lowest BCUT2D eigenvalue weighted by atomic mass is 9.59. The Bertz CT molecular complexity index is 1590. The first-order chi connectivity index (χ1) is 18.6. The Balaban J connectivity index is 1.51. The second-order valence-corrected chi connectivity index (χ2v) is 12.4. The highest BCUT2D eigenvalue weighted by molar-refractivity contribution is 14.1. The molecule has 2 aromatic rings. The number of aromatic hydroxyl groups is 1. The highest BCUT2D eigenvalue weighted by atomic mass is 127. The van der Waals surface area contributed by atoms with E-state index in [-0.39, 0.29) is 50.8 Å². The Kier molecular flexibility index (Phi) is 6.59. The zero-order valence-electron chi connectivity index (χ0n) is 20.4. The number of imide groups is 1. The number of phenolic OH excluding ortho intramolecular Hbond substituents is 1. The molecule has 2 amide bonds. The molecule has 0 spiro atoms. The fraction of sp³-hybridized carbons (Fsp3) is 0.241. The van der Waals surface area contributed by atoms with Crippen molar-refractivity contribution >= 4 is 79.2 Å². The zero-order valence-corrected chi connectivity index (χ0v) is 24.9. The van der Waals surface area contributed by atoms with E-state index < -0.39 is 23.7 Å². The molecule has 4 unspecified atom stereocenters. The van der Waals surface area contributed by atoms with Gasteiger partial charge in [-0.2, -0.15) is 0 Å². The van der Waals surface area contributed by atoms with Crippen LogP contribution >= 0.6 is 50.1 Å². The Morgan fingerprint density at radius 3 is 2.49 bits per heavy atom. The second-order valence-electron chi connectivity index (χ2n) is 9.94. The van der Waals surface area contributed by atoms with Crippen molar-refractivity contribution in [2.24, 2.45) is 17.8 Å². The fourth-order valence-corrected chi connectivity index (χ4v) is 7.37. The molecule has 0 radical (unpaired) electrons. The molecule has 39 heavy (non-hydrogen) atoms. The van der Waals surface area contributed by atoms with Gasteiger partial charge in [0.25, 0.3) is 0 Å². The maximum absolute atomic E-state index is 13.9. The van der Waals surface area contributed by atoms with Crippen molar-refractivity contribution in [3.8, 4) is 11.5 Å². The third-order valence-electron chi connectivity index (χ3n) is 8.02. The monoisotopic (exact) mass is 719 g/mol. The van der Waals surface area contributed by atoms with Gasteiger partial charge in [-0.1, -0.05) is 23.3 Å². The summed E-state index contributed by atoms with van der Waals surface area (Å²) in [6.45, 7) is 0. The van der Waals surface area contributed by atoms with Crippen molar-refractivity contribution in [2.75, 3.05) is 12.0 Å². The van der Waals surface area contributed by atoms with E-state index in [0.29, 0.717) is 28.8 Å². The molecule has 6 rings (SSSR count). The minimum atomic E-state index is -0.699. The number of hydrogen-bond acceptors (Lipinski definition) is 6. The quantitative estimate of drug-likeness (QED) is 0.191. The van der Waals surface area contributed by atoms with Gasteiger partial charge in [0.05, 0.1) is 34.1 Å². The summed E-state index contributed by atoms with van der Waals surface area (Å²) in [7, 11) is 1.39. The number of anilines is 1. The molecule has 7 nitrogen and oxygen atoms in total. The third kappa shape index (κ3) is 4.03. The van der Waals surface area contributed by atoms with Crippen molar-refractivity contribution < 1.29 is 29.0 Å². The van der Waals surface area contributed by atoms with Crippen LogP contribution in [0, 0.1) is 21.3 Å². The molecule has 2 aromatic carbocycles. The van der Waals surface area contributed by atoms with Crippen molar-refractivity contribution in [3.63, 3.8) is 0 Å². The van der Waals surface area contributed by atoms with Crippen LogP contribution in [0.2, 0.25) is 5.02 Å². The van der Waals surface area contributed by atoms with Crippen molar-refractivity contribution in [1.82, 2.24) is 0 Å². The average Bonchev–Trinajstić information content (AvgIpc) is 3.18. The lowest BCUT2D eigenvalue weighted by Gasteiger charge is -2.42. The molecule has 3 aliphatic carbocycles. The fourth-order valence-electron chi connectivity index (χ4n) is 6.35. The molecule has 0 saturated carbocycles. The predicted octanol–water partition coefficient (Wildman–Crippen LogP) is 5.63. The number of nitrogens with zero attached hydrogens (tertiary/aromatic N) is 1. The first-order valence-electron chi connectivity index (χ1n) is 12.2. The number of benzene rings is 2. The van der Waals surface area contributed by atoms with Gasteiger partial charge < -0.3 is 9.84 Å². The van der Waals surface area contributed by atoms with E-state index in [1.54, 1.807) is 24.3 Å². The number of carbonyl (C=O) groups is 4. The van der Waals surface area contributed by atoms with Crippen LogP contribution in [0.15, 0.2) is 69.8 Å². The highest BCUT2D eigenvalue weighted by Gasteiger charge is 2.56. The highest BCUT2D eigenvalue weighted by Crippen LogP contribution is 2.56. The number of fused-ring (bicyclic) bond motifs is 3. The SMILES string of the molecule is COc1cc(C2C3=CCC4C(=O)N(c5ccc(I)cc5)C(=O)C4C3CC3=C2C(=O)C=C(Br)C3=O)cc(Cl)c1O. The molecule has 1 N–H and O–H groups in total. The first kappa shape index (κ1) is 26.5. The first-order valence-corrected chi connectivity index (χ1v) is 14.5. The summed E-state index contributed by atoms with van der Waals surface area (Å²) < 4.78 is 6.45. The zero-order chi connectivity index (χ0) is 27.7. The van der Waals surface area contributed by atoms with Crippen molar-refractivity contribution in [3.05, 3.63) is 83.9 Å². The summed E-state index contributed by atoms with van der Waals surface area (Å²) in [4.78, 5) is 55.4. The number of ether oxygens (including phenoxy) is 1. The lowest BCUT2D eigenvalue weighted by Crippen LogP contribution is -2.39. The van der Waals surface area contributed by atoms with Gasteiger partial charge in [0.1, 0.15) is 0 Å². The van der Waals surface area contributed by atoms with E-state index in [1.807, 2.05) is 18.2 Å². The maximum atomic E-state index is 13.9. The second kappa shape index (κ2) is 9.71. The van der Waals surface area contributed by atoms with E-state index in [9.17, 15) is 24.3 Å². The van der Waals surface area contributed by atoms with Crippen LogP contribution in [-0.4, -0.2) is 35.6 Å². The van der Waals surface area contributed by atoms with Crippen LogP contribution in [0.4, 0.5) is 5.69 Å². The van der Waals surface area contributed by atoms with Crippen molar-refractivity contribution in [1.29, 1.82) is 0 Å². The minimum Gasteiger partial charge on any atom is -0.503 e. The van der Waals surface area contributed by atoms with Gasteiger partial charge in [-0.3, -0.25) is 24.1 Å². The van der Waals surface area contributed by atoms with Gasteiger partial charge in [0.2, 0.25) is 11.8 Å². The minimum absolute atomic E-state index is 0.0335. The lowest BCUT2D eigenvalue weighted by molar-refractivity contribution is -0.123. The van der Waals surface area contributed by atoms with Crippen LogP contribution < -0.4 is 9.64 Å². The number of hydrogen-bond donors (Lipinski definition) is 1. The molecule has 1 heterocycles. The number of Topliss-reactive ketones (excluding diaryl/α,β-unsaturated/α-hetero) is 1. The van der Waals surface area contributed by atoms with Gasteiger partial charge in [-0.15, -0.1) is 0 Å². The van der Waals surface area contributed by atoms with E-state index in [2.05, 4.69) is 38.5 Å². The summed E-state index contributed by atoms with van der Waals surface area (Å²) in [5.41, 5.74) is 2.49. The van der Waals surface area contributed by atoms with Gasteiger partial charge in [-0.25, -0.2) is 0 Å². The molecule has 1 aliphatic heterocycles. The van der Waals surface area contributed by atoms with E-state index in [1.165, 1.54) is 18.1 Å². The predicted molar refractivity (Wildman–Crippen MR) is 156 cm³/mol. The number of methoxy groups -OCH3 is 1. The molecule has 4 aliphatic rings. The Morgan fingerprint density at radius 2 is 1.79 bits per heavy atom. The summed E-state index contributed by atoms with van der Waals surface area (Å²) in [6, 6.07) is 10.3. The number of halogens is 3. The van der Waals surface area contributed by atoms with Crippen LogP contribution in [0.1, 0.15) is 24.3 Å². The molecular formula is C29H20BrClINO6. The number of allylic oxidation sites excluding steroid dienone is 6. The van der Waals surface area contributed by atoms with Crippen LogP contribution in [0.3, 0.4) is 0 Å². The van der Waals surface area contributed by atoms with E-state index in [0.717, 1.165) is 9.14 Å². The smallest absolute Gasteiger partial charge is 0.238 e. The van der Waals surface area contributed by atoms with Crippen LogP contribution in [-0.2, 0) is 19.2 Å². The largest absolute Gasteiger partial charge is 0.503 e. The molecule has 1 fully saturated rings. The Morgan fingerprint density at radius 1 is 1.08 bits per heavy atom. The van der Waals surface area contributed by atoms with Gasteiger partial charge >= 0.3 is 0 Å². The molecule has 0 bridgehead atoms. The van der Waals surface area contributed by atoms with E-state index >= 15 is 0 Å². The number of carbonyl (C=O) groups excluding carboxylic acids is 4. The third-order valence-corrected chi connectivity index (χ3v) is 9.62. The molecule has 4 atom stereocenters. The number of ketones is 2. The van der Waals surface area contributed by atoms with Crippen LogP contribution in [0.5, 0.6) is 11.5 Å². The van der Waals surface area contributed by atoms with E-state index in [4.69, 9.17) is 16.3 Å². The summed E-state index contributed by atoms with van der Waals surface area (Å²) >= 11 is 11.7. The maximum Gasteiger partial charge on any atom is 0.238 e. The normalized spacial score (nSPS) is 26.2. The molecule has 0 aromatic heterocycles. The average molecular weight is 721 g/mol. The summed E-state index contributed by atoms with van der Waals surface area (Å²) in [5.74, 6) is -3.76. The van der Waals surface area contributed by atoms with Gasteiger partial charge in [0.15, 0.2) is 23.1 Å². The molecule has 10 heteroatoms. The topological polar surface area (TPSA) is 101 Å². The standard InChI is InChI=1S/C29H20BrClINO6/c1-39-22-9-12(8-20(31)27(22)36)23-15-6-7-16-24(17(15)10-18-25(23)21(34)11-19(30)26(18)35)29(38)33(28(16)37)14-4-2-13(32)3-5-14/h2-6,8-9,11,16-17,23-24,36H,7,10H2,1H3. The number of amides is 2. The Hall–Kier alpha value is -2.76. The Labute approximate surface area is 250 Å².